The SMILES string of the molecule is CCc1nc(Cl)c(-c2ccccc2)c(NC2CCCC2)n1.CCc1nc(NC2CCCC2)c(-c2ccccc2)c(NC2CCCC2)n1.NC1CCCC1. The largest absolute Gasteiger partial charge is 0.367 e. The fraction of sp³-hybridized carbons (Fsp3) is 0.545. The van der Waals surface area contributed by atoms with Crippen molar-refractivity contribution in [2.24, 2.45) is 5.73 Å². The molecule has 4 aliphatic carbocycles. The van der Waals surface area contributed by atoms with Gasteiger partial charge in [0.2, 0.25) is 0 Å². The van der Waals surface area contributed by atoms with Crippen molar-refractivity contribution in [1.29, 1.82) is 0 Å². The number of aromatic nitrogens is 4. The van der Waals surface area contributed by atoms with Crippen LogP contribution in [-0.2, 0) is 12.8 Å². The maximum atomic E-state index is 6.44. The summed E-state index contributed by atoms with van der Waals surface area (Å²) in [5.41, 5.74) is 9.84. The lowest BCUT2D eigenvalue weighted by Gasteiger charge is -2.22. The summed E-state index contributed by atoms with van der Waals surface area (Å²) in [7, 11) is 0. The van der Waals surface area contributed by atoms with Gasteiger partial charge in [0.1, 0.15) is 34.3 Å². The summed E-state index contributed by atoms with van der Waals surface area (Å²) in [6.07, 6.45) is 22.1. The highest BCUT2D eigenvalue weighted by Crippen LogP contribution is 2.37. The van der Waals surface area contributed by atoms with Crippen LogP contribution in [0.4, 0.5) is 17.5 Å². The zero-order chi connectivity index (χ0) is 36.8. The first-order valence-corrected chi connectivity index (χ1v) is 21.0. The molecule has 0 bridgehead atoms. The first-order valence-electron chi connectivity index (χ1n) is 20.6. The molecule has 0 atom stereocenters. The quantitative estimate of drug-likeness (QED) is 0.119. The third-order valence-corrected chi connectivity index (χ3v) is 11.4. The molecular formula is C44H61ClN8. The minimum Gasteiger partial charge on any atom is -0.367 e. The summed E-state index contributed by atoms with van der Waals surface area (Å²) in [6.45, 7) is 4.18. The van der Waals surface area contributed by atoms with Gasteiger partial charge in [-0.2, -0.15) is 0 Å². The normalized spacial score (nSPS) is 18.0. The lowest BCUT2D eigenvalue weighted by molar-refractivity contribution is 0.704. The molecule has 4 saturated carbocycles. The van der Waals surface area contributed by atoms with Gasteiger partial charge in [-0.05, 0) is 62.5 Å². The molecule has 0 amide bonds. The van der Waals surface area contributed by atoms with Crippen molar-refractivity contribution < 1.29 is 0 Å². The van der Waals surface area contributed by atoms with Gasteiger partial charge in [0.25, 0.3) is 0 Å². The van der Waals surface area contributed by atoms with Crippen molar-refractivity contribution in [3.63, 3.8) is 0 Å². The summed E-state index contributed by atoms with van der Waals surface area (Å²) in [4.78, 5) is 18.9. The summed E-state index contributed by atoms with van der Waals surface area (Å²) < 4.78 is 0. The highest BCUT2D eigenvalue weighted by atomic mass is 35.5. The van der Waals surface area contributed by atoms with E-state index < -0.39 is 0 Å². The van der Waals surface area contributed by atoms with Gasteiger partial charge in [0.15, 0.2) is 0 Å². The number of nitrogens with two attached hydrogens (primary N) is 1. The number of anilines is 3. The lowest BCUT2D eigenvalue weighted by atomic mass is 10.1. The molecule has 4 aliphatic rings. The Kier molecular flexibility index (Phi) is 14.8. The molecule has 8 rings (SSSR count). The van der Waals surface area contributed by atoms with Crippen molar-refractivity contribution in [2.45, 2.75) is 154 Å². The number of hydrogen-bond donors (Lipinski definition) is 4. The van der Waals surface area contributed by atoms with Gasteiger partial charge in [0.05, 0.1) is 11.1 Å². The van der Waals surface area contributed by atoms with Crippen LogP contribution >= 0.6 is 11.6 Å². The van der Waals surface area contributed by atoms with Gasteiger partial charge < -0.3 is 21.7 Å². The van der Waals surface area contributed by atoms with Crippen LogP contribution in [0.25, 0.3) is 22.3 Å². The van der Waals surface area contributed by atoms with Gasteiger partial charge in [-0.1, -0.05) is 137 Å². The second kappa shape index (κ2) is 20.1. The van der Waals surface area contributed by atoms with E-state index in [9.17, 15) is 0 Å². The zero-order valence-electron chi connectivity index (χ0n) is 32.1. The predicted molar refractivity (Wildman–Crippen MR) is 223 cm³/mol. The molecule has 0 aliphatic heterocycles. The van der Waals surface area contributed by atoms with Gasteiger partial charge in [-0.25, -0.2) is 19.9 Å². The second-order valence-electron chi connectivity index (χ2n) is 15.2. The molecule has 4 fully saturated rings. The van der Waals surface area contributed by atoms with E-state index in [1.165, 1.54) is 108 Å². The van der Waals surface area contributed by atoms with E-state index in [4.69, 9.17) is 27.3 Å². The molecule has 0 unspecified atom stereocenters. The third-order valence-electron chi connectivity index (χ3n) is 11.1. The van der Waals surface area contributed by atoms with Crippen molar-refractivity contribution >= 4 is 29.1 Å². The van der Waals surface area contributed by atoms with Gasteiger partial charge in [0, 0.05) is 37.0 Å². The predicted octanol–water partition coefficient (Wildman–Crippen LogP) is 11.0. The maximum absolute atomic E-state index is 6.44. The summed E-state index contributed by atoms with van der Waals surface area (Å²) in [5, 5.41) is 11.6. The summed E-state index contributed by atoms with van der Waals surface area (Å²) >= 11 is 6.44. The Bertz CT molecular complexity index is 1640. The Balaban J connectivity index is 0.000000159. The summed E-state index contributed by atoms with van der Waals surface area (Å²) in [6, 6.07) is 22.9. The highest BCUT2D eigenvalue weighted by Gasteiger charge is 2.24. The lowest BCUT2D eigenvalue weighted by Crippen LogP contribution is -2.21. The minimum absolute atomic E-state index is 0.503. The Labute approximate surface area is 323 Å². The van der Waals surface area contributed by atoms with E-state index >= 15 is 0 Å². The molecule has 2 heterocycles. The average Bonchev–Trinajstić information content (AvgIpc) is 4.04. The maximum Gasteiger partial charge on any atom is 0.142 e. The fourth-order valence-electron chi connectivity index (χ4n) is 8.10. The number of nitrogens with zero attached hydrogens (tertiary/aromatic N) is 4. The number of rotatable bonds is 10. The van der Waals surface area contributed by atoms with Crippen molar-refractivity contribution in [2.75, 3.05) is 16.0 Å². The van der Waals surface area contributed by atoms with Crippen LogP contribution in [-0.4, -0.2) is 44.1 Å². The van der Waals surface area contributed by atoms with Crippen LogP contribution in [0.3, 0.4) is 0 Å². The van der Waals surface area contributed by atoms with Crippen LogP contribution in [0.2, 0.25) is 5.15 Å². The molecule has 0 radical (unpaired) electrons. The van der Waals surface area contributed by atoms with Crippen LogP contribution in [0, 0.1) is 0 Å². The smallest absolute Gasteiger partial charge is 0.142 e. The fourth-order valence-corrected chi connectivity index (χ4v) is 8.40. The number of nitrogens with one attached hydrogen (secondary N) is 3. The highest BCUT2D eigenvalue weighted by molar-refractivity contribution is 6.32. The van der Waals surface area contributed by atoms with Crippen molar-refractivity contribution in [3.8, 4) is 22.3 Å². The van der Waals surface area contributed by atoms with E-state index in [1.807, 2.05) is 25.1 Å². The molecule has 0 saturated heterocycles. The van der Waals surface area contributed by atoms with Gasteiger partial charge >= 0.3 is 0 Å². The van der Waals surface area contributed by atoms with E-state index in [0.717, 1.165) is 58.6 Å². The Morgan fingerprint density at radius 3 is 1.21 bits per heavy atom. The number of aryl methyl sites for hydroxylation is 2. The van der Waals surface area contributed by atoms with Gasteiger partial charge in [-0.3, -0.25) is 0 Å². The van der Waals surface area contributed by atoms with E-state index in [1.54, 1.807) is 0 Å². The molecule has 4 aromatic rings. The van der Waals surface area contributed by atoms with Gasteiger partial charge in [-0.15, -0.1) is 0 Å². The monoisotopic (exact) mass is 736 g/mol. The van der Waals surface area contributed by atoms with E-state index in [2.05, 4.69) is 75.3 Å². The van der Waals surface area contributed by atoms with Crippen LogP contribution in [0.5, 0.6) is 0 Å². The molecule has 9 heteroatoms. The molecular weight excluding hydrogens is 676 g/mol. The topological polar surface area (TPSA) is 114 Å². The first-order chi connectivity index (χ1) is 26.0. The van der Waals surface area contributed by atoms with Crippen molar-refractivity contribution in [1.82, 2.24) is 19.9 Å². The molecule has 2 aromatic heterocycles. The number of halogens is 1. The number of hydrogen-bond acceptors (Lipinski definition) is 8. The molecule has 53 heavy (non-hydrogen) atoms. The Morgan fingerprint density at radius 2 is 0.849 bits per heavy atom. The number of benzene rings is 2. The van der Waals surface area contributed by atoms with Crippen LogP contribution in [0.1, 0.15) is 128 Å². The van der Waals surface area contributed by atoms with Crippen LogP contribution < -0.4 is 21.7 Å². The zero-order valence-corrected chi connectivity index (χ0v) is 32.8. The molecule has 284 valence electrons. The van der Waals surface area contributed by atoms with Crippen molar-refractivity contribution in [3.05, 3.63) is 77.5 Å². The molecule has 0 spiro atoms. The standard InChI is InChI=1S/C22H30N4.C17H20ClN3.C5H11N/c1-2-19-25-21(23-17-12-6-7-13-17)20(16-10-4-3-5-11-16)22(26-19)24-18-14-8-9-15-18;1-2-14-20-16(18)15(12-8-4-3-5-9-12)17(21-14)19-13-10-6-7-11-13;6-5-3-1-2-4-5/h3-5,10-11,17-18H,2,6-9,12-15H2,1H3,(H2,23,24,25,26);3-5,8-9,13H,2,6-7,10-11H2,1H3,(H,19,20,21);5H,1-4,6H2. The molecule has 5 N–H and O–H groups in total. The molecule has 8 nitrogen and oxygen atoms in total. The first kappa shape index (κ1) is 39.0. The Hall–Kier alpha value is -3.75. The van der Waals surface area contributed by atoms with E-state index in [0.29, 0.717) is 29.3 Å². The van der Waals surface area contributed by atoms with E-state index in [-0.39, 0.29) is 0 Å². The van der Waals surface area contributed by atoms with Crippen LogP contribution in [0.15, 0.2) is 60.7 Å². The second-order valence-corrected chi connectivity index (χ2v) is 15.6. The minimum atomic E-state index is 0.503. The average molecular weight is 737 g/mol. The third kappa shape index (κ3) is 11.1. The molecule has 2 aromatic carbocycles. The summed E-state index contributed by atoms with van der Waals surface area (Å²) in [5.74, 6) is 4.61. The Morgan fingerprint density at radius 1 is 0.509 bits per heavy atom.